The number of amides is 1. The van der Waals surface area contributed by atoms with Gasteiger partial charge in [0.2, 0.25) is 5.91 Å². The molecule has 146 valence electrons. The smallest absolute Gasteiger partial charge is 0.228 e. The average molecular weight is 378 g/mol. The lowest BCUT2D eigenvalue weighted by atomic mass is 9.95. The summed E-state index contributed by atoms with van der Waals surface area (Å²) in [6.07, 6.45) is 5.34. The van der Waals surface area contributed by atoms with Crippen molar-refractivity contribution in [2.45, 2.75) is 32.7 Å². The number of likely N-dealkylation sites (tertiary alicyclic amines) is 1. The Labute approximate surface area is 164 Å². The highest BCUT2D eigenvalue weighted by molar-refractivity contribution is 5.95. The molecule has 28 heavy (non-hydrogen) atoms. The Morgan fingerprint density at radius 3 is 2.61 bits per heavy atom. The first kappa shape index (κ1) is 18.6. The number of piperidine rings is 1. The number of aryl methyl sites for hydroxylation is 1. The Hall–Kier alpha value is -2.80. The van der Waals surface area contributed by atoms with E-state index in [1.165, 1.54) is 0 Å². The van der Waals surface area contributed by atoms with Crippen molar-refractivity contribution in [3.05, 3.63) is 36.7 Å². The van der Waals surface area contributed by atoms with Gasteiger partial charge in [0.25, 0.3) is 0 Å². The van der Waals surface area contributed by atoms with Crippen LogP contribution in [0.25, 0.3) is 22.0 Å². The largest absolute Gasteiger partial charge is 0.310 e. The zero-order valence-electron chi connectivity index (χ0n) is 16.6. The number of aromatic nitrogens is 4. The van der Waals surface area contributed by atoms with E-state index in [-0.39, 0.29) is 11.8 Å². The zero-order valence-corrected chi connectivity index (χ0v) is 16.6. The molecule has 4 rings (SSSR count). The molecule has 2 aromatic heterocycles. The maximum absolute atomic E-state index is 12.7. The van der Waals surface area contributed by atoms with Gasteiger partial charge in [-0.3, -0.25) is 4.79 Å². The van der Waals surface area contributed by atoms with Gasteiger partial charge < -0.3 is 10.2 Å². The van der Waals surface area contributed by atoms with Gasteiger partial charge in [0.1, 0.15) is 5.82 Å². The third kappa shape index (κ3) is 3.75. The number of fused-ring (bicyclic) bond motifs is 1. The number of benzene rings is 1. The minimum absolute atomic E-state index is 0.0550. The number of nitrogens with zero attached hydrogens (tertiary/aromatic N) is 5. The highest BCUT2D eigenvalue weighted by Crippen LogP contribution is 2.25. The van der Waals surface area contributed by atoms with Crippen LogP contribution in [0.1, 0.15) is 26.7 Å². The third-order valence-electron chi connectivity index (χ3n) is 5.61. The van der Waals surface area contributed by atoms with Gasteiger partial charge >= 0.3 is 0 Å². The van der Waals surface area contributed by atoms with Crippen molar-refractivity contribution < 1.29 is 4.79 Å². The summed E-state index contributed by atoms with van der Waals surface area (Å²) < 4.78 is 1.74. The Balaban J connectivity index is 1.50. The summed E-state index contributed by atoms with van der Waals surface area (Å²) in [6, 6.07) is 8.60. The first-order chi connectivity index (χ1) is 13.5. The fraction of sp³-hybridized carbons (Fsp3) is 0.429. The molecule has 1 amide bonds. The molecule has 1 N–H and O–H groups in total. The highest BCUT2D eigenvalue weighted by Gasteiger charge is 2.26. The summed E-state index contributed by atoms with van der Waals surface area (Å²) in [7, 11) is 1.87. The molecule has 0 unspecified atom stereocenters. The lowest BCUT2D eigenvalue weighted by Crippen LogP contribution is -2.41. The number of pyridine rings is 1. The molecular formula is C21H26N6O. The van der Waals surface area contributed by atoms with Crippen LogP contribution in [-0.4, -0.2) is 49.9 Å². The van der Waals surface area contributed by atoms with E-state index in [0.717, 1.165) is 48.0 Å². The molecular weight excluding hydrogens is 352 g/mol. The van der Waals surface area contributed by atoms with Gasteiger partial charge in [0.15, 0.2) is 0 Å². The fourth-order valence-corrected chi connectivity index (χ4v) is 3.83. The van der Waals surface area contributed by atoms with Crippen LogP contribution in [0.5, 0.6) is 0 Å². The number of carbonyl (C=O) groups excluding carboxylic acids is 1. The number of hydrogen-bond acceptors (Lipinski definition) is 5. The van der Waals surface area contributed by atoms with Crippen molar-refractivity contribution in [3.8, 4) is 11.3 Å². The Morgan fingerprint density at radius 1 is 1.14 bits per heavy atom. The van der Waals surface area contributed by atoms with E-state index in [2.05, 4.69) is 45.4 Å². The molecule has 1 aliphatic rings. The summed E-state index contributed by atoms with van der Waals surface area (Å²) in [5.74, 6) is 0.727. The molecule has 0 radical (unpaired) electrons. The maximum atomic E-state index is 12.7. The van der Waals surface area contributed by atoms with E-state index in [9.17, 15) is 4.79 Å². The minimum atomic E-state index is 0.0550. The normalized spacial score (nSPS) is 16.0. The predicted molar refractivity (Wildman–Crippen MR) is 110 cm³/mol. The molecule has 3 aromatic rings. The second-order valence-electron chi connectivity index (χ2n) is 7.77. The molecule has 3 heterocycles. The van der Waals surface area contributed by atoms with Crippen molar-refractivity contribution in [1.82, 2.24) is 24.9 Å². The first-order valence-corrected chi connectivity index (χ1v) is 9.81. The fourth-order valence-electron chi connectivity index (χ4n) is 3.83. The van der Waals surface area contributed by atoms with Gasteiger partial charge in [-0.1, -0.05) is 17.3 Å². The van der Waals surface area contributed by atoms with Crippen molar-refractivity contribution >= 4 is 22.5 Å². The molecule has 7 nitrogen and oxygen atoms in total. The van der Waals surface area contributed by atoms with Gasteiger partial charge in [-0.25, -0.2) is 9.67 Å². The average Bonchev–Trinajstić information content (AvgIpc) is 3.13. The Morgan fingerprint density at radius 2 is 1.93 bits per heavy atom. The van der Waals surface area contributed by atoms with Gasteiger partial charge in [0.05, 0.1) is 11.9 Å². The van der Waals surface area contributed by atoms with Crippen LogP contribution in [0, 0.1) is 5.92 Å². The SMILES string of the molecule is CC(C)N1CCC(C(=O)Nc2cc3cc(-c4cnnn4C)ccc3cn2)CC1. The van der Waals surface area contributed by atoms with E-state index in [0.29, 0.717) is 11.9 Å². The van der Waals surface area contributed by atoms with Crippen LogP contribution in [0.15, 0.2) is 36.7 Å². The van der Waals surface area contributed by atoms with Crippen LogP contribution >= 0.6 is 0 Å². The molecule has 0 aliphatic carbocycles. The standard InChI is InChI=1S/C21H26N6O/c1-14(2)27-8-6-15(7-9-27)21(28)24-20-11-18-10-16(4-5-17(18)12-22-20)19-13-23-25-26(19)3/h4-5,10-15H,6-9H2,1-3H3,(H,22,24,28). The lowest BCUT2D eigenvalue weighted by Gasteiger charge is -2.33. The van der Waals surface area contributed by atoms with Crippen molar-refractivity contribution in [2.75, 3.05) is 18.4 Å². The van der Waals surface area contributed by atoms with E-state index < -0.39 is 0 Å². The summed E-state index contributed by atoms with van der Waals surface area (Å²) in [4.78, 5) is 19.5. The monoisotopic (exact) mass is 378 g/mol. The van der Waals surface area contributed by atoms with Gasteiger partial charge in [0, 0.05) is 36.2 Å². The number of hydrogen-bond donors (Lipinski definition) is 1. The highest BCUT2D eigenvalue weighted by atomic mass is 16.1. The predicted octanol–water partition coefficient (Wildman–Crippen LogP) is 3.09. The second-order valence-corrected chi connectivity index (χ2v) is 7.77. The van der Waals surface area contributed by atoms with E-state index in [1.807, 2.05) is 25.2 Å². The van der Waals surface area contributed by atoms with E-state index >= 15 is 0 Å². The lowest BCUT2D eigenvalue weighted by molar-refractivity contribution is -0.121. The molecule has 0 atom stereocenters. The van der Waals surface area contributed by atoms with Crippen molar-refractivity contribution in [1.29, 1.82) is 0 Å². The Kier molecular flexibility index (Phi) is 5.09. The Bertz CT molecular complexity index is 987. The van der Waals surface area contributed by atoms with Crippen LogP contribution in [-0.2, 0) is 11.8 Å². The quantitative estimate of drug-likeness (QED) is 0.755. The van der Waals surface area contributed by atoms with Gasteiger partial charge in [-0.15, -0.1) is 5.10 Å². The van der Waals surface area contributed by atoms with Gasteiger partial charge in [-0.05, 0) is 57.3 Å². The number of rotatable bonds is 4. The molecule has 0 saturated carbocycles. The number of carbonyl (C=O) groups is 1. The minimum Gasteiger partial charge on any atom is -0.310 e. The number of anilines is 1. The molecule has 1 aliphatic heterocycles. The maximum Gasteiger partial charge on any atom is 0.228 e. The third-order valence-corrected chi connectivity index (χ3v) is 5.61. The van der Waals surface area contributed by atoms with Crippen LogP contribution < -0.4 is 5.32 Å². The van der Waals surface area contributed by atoms with Crippen molar-refractivity contribution in [2.24, 2.45) is 13.0 Å². The van der Waals surface area contributed by atoms with E-state index in [1.54, 1.807) is 17.1 Å². The van der Waals surface area contributed by atoms with Gasteiger partial charge in [-0.2, -0.15) is 0 Å². The summed E-state index contributed by atoms with van der Waals surface area (Å²) in [6.45, 7) is 6.36. The molecule has 0 spiro atoms. The number of nitrogens with one attached hydrogen (secondary N) is 1. The van der Waals surface area contributed by atoms with Crippen LogP contribution in [0.2, 0.25) is 0 Å². The van der Waals surface area contributed by atoms with Crippen molar-refractivity contribution in [3.63, 3.8) is 0 Å². The summed E-state index contributed by atoms with van der Waals surface area (Å²) in [5, 5.41) is 13.0. The summed E-state index contributed by atoms with van der Waals surface area (Å²) >= 11 is 0. The van der Waals surface area contributed by atoms with E-state index in [4.69, 9.17) is 0 Å². The molecule has 1 aromatic carbocycles. The molecule has 1 saturated heterocycles. The molecule has 0 bridgehead atoms. The first-order valence-electron chi connectivity index (χ1n) is 9.81. The molecule has 7 heteroatoms. The van der Waals surface area contributed by atoms with Crippen LogP contribution in [0.3, 0.4) is 0 Å². The molecule has 1 fully saturated rings. The van der Waals surface area contributed by atoms with Crippen LogP contribution in [0.4, 0.5) is 5.82 Å². The topological polar surface area (TPSA) is 75.9 Å². The second kappa shape index (κ2) is 7.67. The zero-order chi connectivity index (χ0) is 19.7. The summed E-state index contributed by atoms with van der Waals surface area (Å²) in [5.41, 5.74) is 1.98.